The molecule has 0 aliphatic carbocycles. The molecule has 0 saturated heterocycles. The molecule has 0 spiro atoms. The third-order valence-electron chi connectivity index (χ3n) is 3.31. The molecule has 6 nitrogen and oxygen atoms in total. The van der Waals surface area contributed by atoms with E-state index in [4.69, 9.17) is 16.3 Å². The van der Waals surface area contributed by atoms with Crippen molar-refractivity contribution in [1.82, 2.24) is 10.6 Å². The van der Waals surface area contributed by atoms with Crippen LogP contribution in [0.2, 0.25) is 5.02 Å². The fourth-order valence-corrected chi connectivity index (χ4v) is 2.38. The number of hydrogen-bond acceptors (Lipinski definition) is 4. The van der Waals surface area contributed by atoms with E-state index >= 15 is 0 Å². The molecule has 1 atom stereocenters. The second-order valence-electron chi connectivity index (χ2n) is 5.14. The number of ether oxygens (including phenoxy) is 1. The summed E-state index contributed by atoms with van der Waals surface area (Å²) in [6.07, 6.45) is -1.46. The molecule has 2 aromatic carbocycles. The van der Waals surface area contributed by atoms with Gasteiger partial charge in [-0.25, -0.2) is 14.0 Å². The number of hydrogen-bond donors (Lipinski definition) is 2. The van der Waals surface area contributed by atoms with Crippen LogP contribution in [0.4, 0.5) is 9.18 Å². The summed E-state index contributed by atoms with van der Waals surface area (Å²) in [7, 11) is 0. The summed E-state index contributed by atoms with van der Waals surface area (Å²) in [6.45, 7) is 1.98. The normalized spacial score (nSPS) is 11.3. The largest absolute Gasteiger partial charge is 0.444 e. The van der Waals surface area contributed by atoms with Crippen LogP contribution in [-0.4, -0.2) is 24.5 Å². The van der Waals surface area contributed by atoms with Crippen molar-refractivity contribution in [2.75, 3.05) is 6.54 Å². The quantitative estimate of drug-likeness (QED) is 0.782. The van der Waals surface area contributed by atoms with Crippen LogP contribution in [-0.2, 0) is 9.53 Å². The Labute approximate surface area is 154 Å². The number of rotatable bonds is 5. The molecule has 0 bridgehead atoms. The van der Waals surface area contributed by atoms with Crippen LogP contribution in [0.1, 0.15) is 28.9 Å². The van der Waals surface area contributed by atoms with Gasteiger partial charge in [0.05, 0.1) is 5.02 Å². The number of amides is 3. The smallest absolute Gasteiger partial charge is 0.343 e. The summed E-state index contributed by atoms with van der Waals surface area (Å²) in [5, 5.41) is 4.32. The summed E-state index contributed by atoms with van der Waals surface area (Å²) in [6, 6.07) is 11.0. The molecule has 26 heavy (non-hydrogen) atoms. The Morgan fingerprint density at radius 1 is 1.12 bits per heavy atom. The van der Waals surface area contributed by atoms with Crippen LogP contribution >= 0.6 is 11.6 Å². The number of imide groups is 1. The van der Waals surface area contributed by atoms with Crippen LogP contribution in [0.3, 0.4) is 0 Å². The topological polar surface area (TPSA) is 84.5 Å². The van der Waals surface area contributed by atoms with Gasteiger partial charge in [0.1, 0.15) is 11.4 Å². The molecule has 0 fully saturated rings. The Morgan fingerprint density at radius 3 is 2.42 bits per heavy atom. The molecule has 0 saturated carbocycles. The van der Waals surface area contributed by atoms with Crippen molar-refractivity contribution >= 4 is 29.5 Å². The molecule has 0 unspecified atom stereocenters. The van der Waals surface area contributed by atoms with E-state index in [2.05, 4.69) is 10.6 Å². The highest BCUT2D eigenvalue weighted by Crippen LogP contribution is 2.24. The lowest BCUT2D eigenvalue weighted by Gasteiger charge is -2.18. The van der Waals surface area contributed by atoms with Gasteiger partial charge in [0, 0.05) is 12.1 Å². The minimum Gasteiger partial charge on any atom is -0.444 e. The summed E-state index contributed by atoms with van der Waals surface area (Å²) in [5.74, 6) is -2.87. The van der Waals surface area contributed by atoms with Crippen molar-refractivity contribution in [1.29, 1.82) is 0 Å². The Hall–Kier alpha value is -2.93. The first kappa shape index (κ1) is 19.4. The number of benzene rings is 2. The lowest BCUT2D eigenvalue weighted by atomic mass is 10.1. The average molecular weight is 379 g/mol. The zero-order valence-corrected chi connectivity index (χ0v) is 14.5. The SMILES string of the molecule is CCNC(=O)NC(=O)[C@@H](OC(=O)c1c(F)cccc1Cl)c1ccccc1. The highest BCUT2D eigenvalue weighted by molar-refractivity contribution is 6.33. The predicted molar refractivity (Wildman–Crippen MR) is 93.2 cm³/mol. The van der Waals surface area contributed by atoms with E-state index in [1.54, 1.807) is 25.1 Å². The van der Waals surface area contributed by atoms with Crippen molar-refractivity contribution in [3.05, 3.63) is 70.5 Å². The second-order valence-corrected chi connectivity index (χ2v) is 5.55. The van der Waals surface area contributed by atoms with Gasteiger partial charge in [-0.1, -0.05) is 48.0 Å². The highest BCUT2D eigenvalue weighted by atomic mass is 35.5. The lowest BCUT2D eigenvalue weighted by molar-refractivity contribution is -0.129. The second kappa shape index (κ2) is 8.96. The molecule has 2 rings (SSSR count). The molecule has 0 heterocycles. The predicted octanol–water partition coefficient (Wildman–Crippen LogP) is 3.22. The van der Waals surface area contributed by atoms with E-state index in [0.29, 0.717) is 12.1 Å². The summed E-state index contributed by atoms with van der Waals surface area (Å²) in [4.78, 5) is 36.3. The van der Waals surface area contributed by atoms with Crippen molar-refractivity contribution in [2.45, 2.75) is 13.0 Å². The molecule has 0 aliphatic heterocycles. The van der Waals surface area contributed by atoms with Gasteiger partial charge < -0.3 is 10.1 Å². The molecule has 0 aromatic heterocycles. The van der Waals surface area contributed by atoms with E-state index in [9.17, 15) is 18.8 Å². The highest BCUT2D eigenvalue weighted by Gasteiger charge is 2.29. The maximum atomic E-state index is 13.9. The third kappa shape index (κ3) is 4.80. The number of carbonyl (C=O) groups is 3. The van der Waals surface area contributed by atoms with E-state index in [-0.39, 0.29) is 5.02 Å². The Balaban J connectivity index is 2.28. The Kier molecular flexibility index (Phi) is 6.68. The minimum atomic E-state index is -1.46. The van der Waals surface area contributed by atoms with E-state index < -0.39 is 35.4 Å². The molecular formula is C18H16ClFN2O4. The molecule has 136 valence electrons. The minimum absolute atomic E-state index is 0.147. The maximum Gasteiger partial charge on any atom is 0.343 e. The average Bonchev–Trinajstić information content (AvgIpc) is 2.60. The van der Waals surface area contributed by atoms with Crippen LogP contribution in [0.5, 0.6) is 0 Å². The molecule has 0 aliphatic rings. The summed E-state index contributed by atoms with van der Waals surface area (Å²) >= 11 is 5.85. The molecule has 2 aromatic rings. The zero-order chi connectivity index (χ0) is 19.1. The maximum absolute atomic E-state index is 13.9. The Bertz CT molecular complexity index is 794. The Morgan fingerprint density at radius 2 is 1.81 bits per heavy atom. The third-order valence-corrected chi connectivity index (χ3v) is 3.62. The van der Waals surface area contributed by atoms with Gasteiger partial charge in [0.2, 0.25) is 6.10 Å². The van der Waals surface area contributed by atoms with Gasteiger partial charge >= 0.3 is 12.0 Å². The zero-order valence-electron chi connectivity index (χ0n) is 13.8. The molecule has 2 N–H and O–H groups in total. The van der Waals surface area contributed by atoms with Gasteiger partial charge in [-0.3, -0.25) is 10.1 Å². The summed E-state index contributed by atoms with van der Waals surface area (Å²) in [5.41, 5.74) is -0.170. The van der Waals surface area contributed by atoms with Crippen LogP contribution in [0, 0.1) is 5.82 Å². The van der Waals surface area contributed by atoms with E-state index in [1.165, 1.54) is 24.3 Å². The van der Waals surface area contributed by atoms with E-state index in [0.717, 1.165) is 6.07 Å². The van der Waals surface area contributed by atoms with Crippen molar-refractivity contribution < 1.29 is 23.5 Å². The number of urea groups is 1. The monoisotopic (exact) mass is 378 g/mol. The molecule has 3 amide bonds. The fourth-order valence-electron chi connectivity index (χ4n) is 2.14. The van der Waals surface area contributed by atoms with Gasteiger partial charge in [0.15, 0.2) is 0 Å². The fraction of sp³-hybridized carbons (Fsp3) is 0.167. The van der Waals surface area contributed by atoms with Gasteiger partial charge in [-0.2, -0.15) is 0 Å². The van der Waals surface area contributed by atoms with Crippen LogP contribution in [0.25, 0.3) is 0 Å². The lowest BCUT2D eigenvalue weighted by Crippen LogP contribution is -2.42. The molecule has 8 heteroatoms. The number of esters is 1. The number of halogens is 2. The number of nitrogens with one attached hydrogen (secondary N) is 2. The van der Waals surface area contributed by atoms with Crippen LogP contribution < -0.4 is 10.6 Å². The van der Waals surface area contributed by atoms with Crippen molar-refractivity contribution in [2.24, 2.45) is 0 Å². The standard InChI is InChI=1S/C18H16ClFN2O4/c1-2-21-18(25)22-16(23)15(11-7-4-3-5-8-11)26-17(24)14-12(19)9-6-10-13(14)20/h3-10,15H,2H2,1H3,(H2,21,22,23,25)/t15-/m0/s1. The van der Waals surface area contributed by atoms with Crippen molar-refractivity contribution in [3.63, 3.8) is 0 Å². The molecule has 0 radical (unpaired) electrons. The first-order valence-electron chi connectivity index (χ1n) is 7.72. The van der Waals surface area contributed by atoms with E-state index in [1.807, 2.05) is 0 Å². The van der Waals surface area contributed by atoms with Gasteiger partial charge in [-0.05, 0) is 19.1 Å². The van der Waals surface area contributed by atoms with Crippen molar-refractivity contribution in [3.8, 4) is 0 Å². The number of carbonyl (C=O) groups excluding carboxylic acids is 3. The van der Waals surface area contributed by atoms with Gasteiger partial charge in [-0.15, -0.1) is 0 Å². The van der Waals surface area contributed by atoms with Crippen LogP contribution in [0.15, 0.2) is 48.5 Å². The first-order chi connectivity index (χ1) is 12.4. The van der Waals surface area contributed by atoms with Gasteiger partial charge in [0.25, 0.3) is 5.91 Å². The molecular weight excluding hydrogens is 363 g/mol. The summed E-state index contributed by atoms with van der Waals surface area (Å²) < 4.78 is 19.1. The first-order valence-corrected chi connectivity index (χ1v) is 8.10.